The number of nitrogens with two attached hydrogens (primary N) is 1. The monoisotopic (exact) mass is 305 g/mol. The van der Waals surface area contributed by atoms with Gasteiger partial charge in [-0.3, -0.25) is 4.79 Å². The fraction of sp³-hybridized carbons (Fsp3) is 0.500. The number of hydrogen-bond donors (Lipinski definition) is 2. The Morgan fingerprint density at radius 2 is 2.00 bits per heavy atom. The Kier molecular flexibility index (Phi) is 5.60. The second-order valence-electron chi connectivity index (χ2n) is 5.52. The topological polar surface area (TPSA) is 78.9 Å². The highest BCUT2D eigenvalue weighted by Gasteiger charge is 2.15. The number of rotatable bonds is 4. The van der Waals surface area contributed by atoms with Crippen molar-refractivity contribution in [3.8, 4) is 6.07 Å². The first-order chi connectivity index (χ1) is 10.1. The van der Waals surface area contributed by atoms with Crippen molar-refractivity contribution in [3.63, 3.8) is 0 Å². The molecule has 0 aromatic heterocycles. The van der Waals surface area contributed by atoms with Crippen molar-refractivity contribution in [2.45, 2.75) is 44.6 Å². The van der Waals surface area contributed by atoms with Crippen LogP contribution in [0.4, 0.5) is 5.69 Å². The highest BCUT2D eigenvalue weighted by molar-refractivity contribution is 6.33. The van der Waals surface area contributed by atoms with Gasteiger partial charge in [0.05, 0.1) is 22.8 Å². The second-order valence-corrected chi connectivity index (χ2v) is 5.93. The number of hydrogen-bond acceptors (Lipinski definition) is 4. The molecule has 3 N–H and O–H groups in total. The van der Waals surface area contributed by atoms with Gasteiger partial charge in [-0.25, -0.2) is 0 Å². The van der Waals surface area contributed by atoms with E-state index in [4.69, 9.17) is 22.6 Å². The van der Waals surface area contributed by atoms with Crippen LogP contribution in [0.2, 0.25) is 5.02 Å². The van der Waals surface area contributed by atoms with Gasteiger partial charge in [-0.05, 0) is 25.0 Å². The van der Waals surface area contributed by atoms with E-state index in [1.807, 2.05) is 6.07 Å². The second kappa shape index (κ2) is 7.44. The summed E-state index contributed by atoms with van der Waals surface area (Å²) in [4.78, 5) is 12.2. The van der Waals surface area contributed by atoms with Crippen LogP contribution in [0.15, 0.2) is 12.1 Å². The van der Waals surface area contributed by atoms with E-state index in [-0.39, 0.29) is 28.6 Å². The molecule has 21 heavy (non-hydrogen) atoms. The number of nitriles is 1. The van der Waals surface area contributed by atoms with E-state index in [2.05, 4.69) is 5.32 Å². The molecule has 2 rings (SSSR count). The lowest BCUT2D eigenvalue weighted by atomic mass is 10.0. The summed E-state index contributed by atoms with van der Waals surface area (Å²) in [6, 6.07) is 5.42. The van der Waals surface area contributed by atoms with Crippen molar-refractivity contribution in [2.75, 3.05) is 12.3 Å². The van der Waals surface area contributed by atoms with Gasteiger partial charge in [0.2, 0.25) is 0 Å². The minimum atomic E-state index is -0.0577. The van der Waals surface area contributed by atoms with Gasteiger partial charge in [-0.15, -0.1) is 0 Å². The van der Waals surface area contributed by atoms with E-state index in [0.29, 0.717) is 11.6 Å². The molecule has 0 atom stereocenters. The van der Waals surface area contributed by atoms with Gasteiger partial charge in [0.1, 0.15) is 6.07 Å². The van der Waals surface area contributed by atoms with E-state index >= 15 is 0 Å². The third-order valence-corrected chi connectivity index (χ3v) is 4.29. The number of nitrogen functional groups attached to an aromatic ring is 1. The average Bonchev–Trinajstić information content (AvgIpc) is 2.76. The molecule has 5 heteroatoms. The molecule has 0 amide bonds. The number of Topliss-reactive ketones (excluding diaryl/α,β-unsaturated/α-hetero) is 1. The Labute approximate surface area is 130 Å². The SMILES string of the molecule is N#Cc1cc(C(=O)CNC2CCCCCC2)cc(Cl)c1N. The molecule has 0 saturated heterocycles. The zero-order valence-electron chi connectivity index (χ0n) is 12.0. The summed E-state index contributed by atoms with van der Waals surface area (Å²) in [5.41, 5.74) is 6.61. The smallest absolute Gasteiger partial charge is 0.176 e. The van der Waals surface area contributed by atoms with E-state index in [1.54, 1.807) is 0 Å². The van der Waals surface area contributed by atoms with Crippen molar-refractivity contribution < 1.29 is 4.79 Å². The van der Waals surface area contributed by atoms with Crippen molar-refractivity contribution in [1.29, 1.82) is 5.26 Å². The lowest BCUT2D eigenvalue weighted by molar-refractivity contribution is 0.0986. The predicted octanol–water partition coefficient (Wildman–Crippen LogP) is 3.29. The van der Waals surface area contributed by atoms with E-state index in [1.165, 1.54) is 37.8 Å². The van der Waals surface area contributed by atoms with Crippen LogP contribution in [-0.2, 0) is 0 Å². The van der Waals surface area contributed by atoms with Crippen molar-refractivity contribution in [1.82, 2.24) is 5.32 Å². The summed E-state index contributed by atoms with van der Waals surface area (Å²) in [5.74, 6) is -0.0577. The molecule has 1 saturated carbocycles. The van der Waals surface area contributed by atoms with Gasteiger partial charge in [0.25, 0.3) is 0 Å². The normalized spacial score (nSPS) is 16.2. The van der Waals surface area contributed by atoms with Crippen LogP contribution in [0.5, 0.6) is 0 Å². The minimum Gasteiger partial charge on any atom is -0.396 e. The summed E-state index contributed by atoms with van der Waals surface area (Å²) in [5, 5.41) is 12.6. The fourth-order valence-corrected chi connectivity index (χ4v) is 2.91. The highest BCUT2D eigenvalue weighted by atomic mass is 35.5. The Morgan fingerprint density at radius 3 is 2.62 bits per heavy atom. The standard InChI is InChI=1S/C16H20ClN3O/c17-14-8-11(7-12(9-18)16(14)19)15(21)10-20-13-5-3-1-2-4-6-13/h7-8,13,20H,1-6,10,19H2. The number of ketones is 1. The zero-order chi connectivity index (χ0) is 15.2. The van der Waals surface area contributed by atoms with E-state index in [0.717, 1.165) is 12.8 Å². The third-order valence-electron chi connectivity index (χ3n) is 3.98. The highest BCUT2D eigenvalue weighted by Crippen LogP contribution is 2.24. The van der Waals surface area contributed by atoms with Crippen LogP contribution in [0.1, 0.15) is 54.4 Å². The van der Waals surface area contributed by atoms with Crippen molar-refractivity contribution >= 4 is 23.1 Å². The summed E-state index contributed by atoms with van der Waals surface area (Å²) >= 11 is 5.96. The molecular weight excluding hydrogens is 286 g/mol. The van der Waals surface area contributed by atoms with Crippen LogP contribution < -0.4 is 11.1 Å². The first kappa shape index (κ1) is 15.8. The van der Waals surface area contributed by atoms with Crippen LogP contribution in [-0.4, -0.2) is 18.4 Å². The molecule has 0 bridgehead atoms. The molecular formula is C16H20ClN3O. The van der Waals surface area contributed by atoms with Crippen LogP contribution >= 0.6 is 11.6 Å². The van der Waals surface area contributed by atoms with Gasteiger partial charge in [-0.1, -0.05) is 37.3 Å². The number of halogens is 1. The van der Waals surface area contributed by atoms with Crippen molar-refractivity contribution in [2.24, 2.45) is 0 Å². The maximum absolute atomic E-state index is 12.2. The molecule has 1 aromatic rings. The lowest BCUT2D eigenvalue weighted by Crippen LogP contribution is -2.33. The molecule has 4 nitrogen and oxygen atoms in total. The number of benzene rings is 1. The number of nitrogens with zero attached hydrogens (tertiary/aromatic N) is 1. The molecule has 0 radical (unpaired) electrons. The van der Waals surface area contributed by atoms with E-state index < -0.39 is 0 Å². The Morgan fingerprint density at radius 1 is 1.33 bits per heavy atom. The van der Waals surface area contributed by atoms with Gasteiger partial charge in [0.15, 0.2) is 5.78 Å². The summed E-state index contributed by atoms with van der Waals surface area (Å²) in [7, 11) is 0. The Hall–Kier alpha value is -1.57. The zero-order valence-corrected chi connectivity index (χ0v) is 12.7. The quantitative estimate of drug-likeness (QED) is 0.508. The van der Waals surface area contributed by atoms with Gasteiger partial charge in [0, 0.05) is 11.6 Å². The van der Waals surface area contributed by atoms with E-state index in [9.17, 15) is 4.79 Å². The molecule has 1 aromatic carbocycles. The summed E-state index contributed by atoms with van der Waals surface area (Å²) in [6.45, 7) is 0.274. The van der Waals surface area contributed by atoms with Crippen molar-refractivity contribution in [3.05, 3.63) is 28.3 Å². The third kappa shape index (κ3) is 4.20. The molecule has 0 unspecified atom stereocenters. The molecule has 112 valence electrons. The molecule has 0 spiro atoms. The fourth-order valence-electron chi connectivity index (χ4n) is 2.69. The lowest BCUT2D eigenvalue weighted by Gasteiger charge is -2.15. The summed E-state index contributed by atoms with van der Waals surface area (Å²) < 4.78 is 0. The maximum Gasteiger partial charge on any atom is 0.176 e. The first-order valence-electron chi connectivity index (χ1n) is 7.37. The Bertz CT molecular complexity index is 557. The number of nitrogens with one attached hydrogen (secondary N) is 1. The minimum absolute atomic E-state index is 0.0577. The average molecular weight is 306 g/mol. The van der Waals surface area contributed by atoms with Crippen LogP contribution in [0.3, 0.4) is 0 Å². The molecule has 0 aliphatic heterocycles. The first-order valence-corrected chi connectivity index (χ1v) is 7.75. The predicted molar refractivity (Wildman–Crippen MR) is 84.4 cm³/mol. The maximum atomic E-state index is 12.2. The van der Waals surface area contributed by atoms with Gasteiger partial charge in [-0.2, -0.15) is 5.26 Å². The van der Waals surface area contributed by atoms with Gasteiger partial charge < -0.3 is 11.1 Å². The number of carbonyl (C=O) groups is 1. The Balaban J connectivity index is 2.00. The van der Waals surface area contributed by atoms with Gasteiger partial charge >= 0.3 is 0 Å². The largest absolute Gasteiger partial charge is 0.396 e. The molecule has 0 heterocycles. The summed E-state index contributed by atoms with van der Waals surface area (Å²) in [6.07, 6.45) is 7.26. The number of anilines is 1. The molecule has 1 aliphatic carbocycles. The number of carbonyl (C=O) groups excluding carboxylic acids is 1. The van der Waals surface area contributed by atoms with Crippen LogP contribution in [0.25, 0.3) is 0 Å². The molecule has 1 aliphatic rings. The van der Waals surface area contributed by atoms with Crippen LogP contribution in [0, 0.1) is 11.3 Å². The molecule has 1 fully saturated rings.